The van der Waals surface area contributed by atoms with Crippen LogP contribution in [0.3, 0.4) is 0 Å². The summed E-state index contributed by atoms with van der Waals surface area (Å²) in [6, 6.07) is 26.8. The molecule has 7 heteroatoms. The maximum atomic E-state index is 14.0. The van der Waals surface area contributed by atoms with Crippen molar-refractivity contribution in [2.24, 2.45) is 5.73 Å². The van der Waals surface area contributed by atoms with Gasteiger partial charge in [-0.2, -0.15) is 0 Å². The molecule has 0 spiro atoms. The first-order valence-electron chi connectivity index (χ1n) is 13.3. The van der Waals surface area contributed by atoms with E-state index in [1.54, 1.807) is 17.0 Å². The van der Waals surface area contributed by atoms with Crippen molar-refractivity contribution in [2.45, 2.75) is 45.1 Å². The van der Waals surface area contributed by atoms with E-state index in [9.17, 15) is 18.7 Å². The van der Waals surface area contributed by atoms with Crippen LogP contribution in [0.4, 0.5) is 8.78 Å². The number of nitrogens with zero attached hydrogens (tertiary/aromatic N) is 1. The molecule has 5 nitrogen and oxygen atoms in total. The van der Waals surface area contributed by atoms with Gasteiger partial charge in [-0.25, -0.2) is 8.78 Å². The van der Waals surface area contributed by atoms with Crippen molar-refractivity contribution in [1.29, 1.82) is 0 Å². The third-order valence-corrected chi connectivity index (χ3v) is 6.74. The van der Waals surface area contributed by atoms with Crippen molar-refractivity contribution in [1.82, 2.24) is 4.90 Å². The molecule has 1 amide bonds. The molecule has 0 saturated carbocycles. The molecular formula is C33H34F2N2O3. The van der Waals surface area contributed by atoms with Gasteiger partial charge in [0.1, 0.15) is 24.0 Å². The Hall–Kier alpha value is -4.07. The lowest BCUT2D eigenvalue weighted by Gasteiger charge is -2.29. The zero-order chi connectivity index (χ0) is 28.5. The highest BCUT2D eigenvalue weighted by molar-refractivity contribution is 5.95. The number of hydrogen-bond acceptors (Lipinski definition) is 4. The van der Waals surface area contributed by atoms with Crippen LogP contribution in [-0.2, 0) is 26.0 Å². The van der Waals surface area contributed by atoms with Gasteiger partial charge in [-0.1, -0.05) is 67.6 Å². The van der Waals surface area contributed by atoms with Crippen molar-refractivity contribution in [2.75, 3.05) is 6.54 Å². The summed E-state index contributed by atoms with van der Waals surface area (Å²) in [6.07, 6.45) is -0.249. The zero-order valence-electron chi connectivity index (χ0n) is 22.5. The summed E-state index contributed by atoms with van der Waals surface area (Å²) in [5.74, 6) is -1.01. The number of para-hydroxylation sites is 1. The van der Waals surface area contributed by atoms with E-state index < -0.39 is 23.8 Å². The van der Waals surface area contributed by atoms with Crippen molar-refractivity contribution in [3.05, 3.63) is 137 Å². The number of rotatable bonds is 12. The number of aliphatic hydroxyl groups is 1. The van der Waals surface area contributed by atoms with E-state index >= 15 is 0 Å². The van der Waals surface area contributed by atoms with E-state index in [1.165, 1.54) is 12.1 Å². The second kappa shape index (κ2) is 13.8. The first-order chi connectivity index (χ1) is 19.3. The van der Waals surface area contributed by atoms with Crippen LogP contribution >= 0.6 is 0 Å². The van der Waals surface area contributed by atoms with Crippen LogP contribution in [0.1, 0.15) is 39.5 Å². The van der Waals surface area contributed by atoms with Gasteiger partial charge < -0.3 is 20.5 Å². The summed E-state index contributed by atoms with van der Waals surface area (Å²) in [7, 11) is 0. The molecule has 0 fully saturated rings. The Morgan fingerprint density at radius 2 is 1.55 bits per heavy atom. The highest BCUT2D eigenvalue weighted by Crippen LogP contribution is 2.20. The minimum Gasteiger partial charge on any atom is -0.489 e. The van der Waals surface area contributed by atoms with Gasteiger partial charge in [0.05, 0.1) is 6.10 Å². The molecule has 3 N–H and O–H groups in total. The monoisotopic (exact) mass is 544 g/mol. The highest BCUT2D eigenvalue weighted by Gasteiger charge is 2.25. The molecule has 0 saturated heterocycles. The van der Waals surface area contributed by atoms with Gasteiger partial charge in [0, 0.05) is 36.3 Å². The number of nitrogens with two attached hydrogens (primary N) is 1. The first kappa shape index (κ1) is 28.9. The molecule has 4 rings (SSSR count). The maximum Gasteiger partial charge on any atom is 0.254 e. The molecule has 0 unspecified atom stereocenters. The van der Waals surface area contributed by atoms with Crippen LogP contribution in [0.5, 0.6) is 5.75 Å². The molecule has 0 heterocycles. The number of aryl methyl sites for hydroxylation is 1. The summed E-state index contributed by atoms with van der Waals surface area (Å²) in [6.45, 7) is 2.43. The van der Waals surface area contributed by atoms with Crippen molar-refractivity contribution in [3.8, 4) is 5.75 Å². The molecule has 0 radical (unpaired) electrons. The van der Waals surface area contributed by atoms with Crippen LogP contribution < -0.4 is 10.5 Å². The molecule has 0 aromatic heterocycles. The predicted octanol–water partition coefficient (Wildman–Crippen LogP) is 5.68. The van der Waals surface area contributed by atoms with Gasteiger partial charge in [0.2, 0.25) is 0 Å². The third kappa shape index (κ3) is 7.97. The molecule has 2 atom stereocenters. The number of amides is 1. The standard InChI is InChI=1S/C33H34F2N2O3/c1-2-23-9-8-10-24(15-23)20-37(21-32(38)31(36)18-25-16-27(34)19-28(35)17-25)33(39)30-14-7-6-11-26(30)22-40-29-12-4-3-5-13-29/h3-17,19,31-32,38H,2,18,20-22,36H2,1H3/t31-,32+/m0/s1. The lowest BCUT2D eigenvalue weighted by Crippen LogP contribution is -2.46. The predicted molar refractivity (Wildman–Crippen MR) is 152 cm³/mol. The van der Waals surface area contributed by atoms with Crippen molar-refractivity contribution in [3.63, 3.8) is 0 Å². The summed E-state index contributed by atoms with van der Waals surface area (Å²) in [4.78, 5) is 15.5. The van der Waals surface area contributed by atoms with Gasteiger partial charge in [-0.05, 0) is 59.9 Å². The topological polar surface area (TPSA) is 75.8 Å². The Kier molecular flexibility index (Phi) is 10.00. The van der Waals surface area contributed by atoms with E-state index in [0.29, 0.717) is 22.4 Å². The lowest BCUT2D eigenvalue weighted by molar-refractivity contribution is 0.0552. The molecule has 0 aliphatic carbocycles. The Balaban J connectivity index is 1.56. The van der Waals surface area contributed by atoms with E-state index in [2.05, 4.69) is 6.92 Å². The number of carbonyl (C=O) groups is 1. The number of carbonyl (C=O) groups excluding carboxylic acids is 1. The van der Waals surface area contributed by atoms with Crippen molar-refractivity contribution >= 4 is 5.91 Å². The average molecular weight is 545 g/mol. The van der Waals surface area contributed by atoms with E-state index in [1.807, 2.05) is 66.7 Å². The number of aliphatic hydroxyl groups excluding tert-OH is 1. The van der Waals surface area contributed by atoms with Crippen LogP contribution in [0.25, 0.3) is 0 Å². The minimum absolute atomic E-state index is 0.0463. The highest BCUT2D eigenvalue weighted by atomic mass is 19.1. The Morgan fingerprint density at radius 1 is 0.875 bits per heavy atom. The SMILES string of the molecule is CCc1cccc(CN(C[C@@H](O)[C@@H](N)Cc2cc(F)cc(F)c2)C(=O)c2ccccc2COc2ccccc2)c1. The molecular weight excluding hydrogens is 510 g/mol. The third-order valence-electron chi connectivity index (χ3n) is 6.74. The Labute approximate surface area is 233 Å². The normalized spacial score (nSPS) is 12.5. The van der Waals surface area contributed by atoms with Gasteiger partial charge in [0.25, 0.3) is 5.91 Å². The zero-order valence-corrected chi connectivity index (χ0v) is 22.5. The fraction of sp³-hybridized carbons (Fsp3) is 0.242. The molecule has 208 valence electrons. The summed E-state index contributed by atoms with van der Waals surface area (Å²) >= 11 is 0. The summed E-state index contributed by atoms with van der Waals surface area (Å²) in [5, 5.41) is 11.1. The smallest absolute Gasteiger partial charge is 0.254 e. The molecule has 40 heavy (non-hydrogen) atoms. The van der Waals surface area contributed by atoms with E-state index in [-0.39, 0.29) is 32.0 Å². The fourth-order valence-corrected chi connectivity index (χ4v) is 4.59. The van der Waals surface area contributed by atoms with Crippen LogP contribution in [-0.4, -0.2) is 34.6 Å². The van der Waals surface area contributed by atoms with Gasteiger partial charge in [0.15, 0.2) is 0 Å². The molecule has 4 aromatic carbocycles. The van der Waals surface area contributed by atoms with Gasteiger partial charge >= 0.3 is 0 Å². The summed E-state index contributed by atoms with van der Waals surface area (Å²) in [5.41, 5.74) is 9.81. The Morgan fingerprint density at radius 3 is 2.27 bits per heavy atom. The Bertz CT molecular complexity index is 1390. The number of benzene rings is 4. The second-order valence-electron chi connectivity index (χ2n) is 9.83. The maximum absolute atomic E-state index is 14.0. The second-order valence-corrected chi connectivity index (χ2v) is 9.83. The lowest BCUT2D eigenvalue weighted by atomic mass is 10.00. The van der Waals surface area contributed by atoms with Crippen LogP contribution in [0.15, 0.2) is 97.1 Å². The van der Waals surface area contributed by atoms with Gasteiger partial charge in [-0.15, -0.1) is 0 Å². The van der Waals surface area contributed by atoms with Crippen LogP contribution in [0, 0.1) is 11.6 Å². The average Bonchev–Trinajstić information content (AvgIpc) is 2.95. The van der Waals surface area contributed by atoms with Crippen molar-refractivity contribution < 1.29 is 23.4 Å². The molecule has 0 aliphatic rings. The fourth-order valence-electron chi connectivity index (χ4n) is 4.59. The quantitative estimate of drug-likeness (QED) is 0.241. The van der Waals surface area contributed by atoms with Crippen LogP contribution in [0.2, 0.25) is 0 Å². The number of hydrogen-bond donors (Lipinski definition) is 2. The van der Waals surface area contributed by atoms with E-state index in [0.717, 1.165) is 23.6 Å². The summed E-state index contributed by atoms with van der Waals surface area (Å²) < 4.78 is 33.3. The molecule has 4 aromatic rings. The van der Waals surface area contributed by atoms with E-state index in [4.69, 9.17) is 10.5 Å². The largest absolute Gasteiger partial charge is 0.489 e. The first-order valence-corrected chi connectivity index (χ1v) is 13.3. The number of halogens is 2. The van der Waals surface area contributed by atoms with Gasteiger partial charge in [-0.3, -0.25) is 4.79 Å². The number of ether oxygens (including phenoxy) is 1. The minimum atomic E-state index is -1.14. The molecule has 0 aliphatic heterocycles. The molecule has 0 bridgehead atoms.